The molecule has 1 fully saturated rings. The predicted octanol–water partition coefficient (Wildman–Crippen LogP) is 3.64. The van der Waals surface area contributed by atoms with Crippen molar-refractivity contribution in [3.8, 4) is 11.5 Å². The van der Waals surface area contributed by atoms with Gasteiger partial charge in [-0.05, 0) is 80.9 Å². The van der Waals surface area contributed by atoms with E-state index in [0.717, 1.165) is 17.3 Å². The van der Waals surface area contributed by atoms with Gasteiger partial charge in [-0.2, -0.15) is 0 Å². The molecule has 1 aliphatic rings. The van der Waals surface area contributed by atoms with Gasteiger partial charge in [0.25, 0.3) is 11.1 Å². The Morgan fingerprint density at radius 3 is 2.32 bits per heavy atom. The Labute approximate surface area is 220 Å². The van der Waals surface area contributed by atoms with Crippen LogP contribution in [0.4, 0.5) is 15.3 Å². The summed E-state index contributed by atoms with van der Waals surface area (Å²) >= 11 is 0.896. The molecule has 3 N–H and O–H groups in total. The summed E-state index contributed by atoms with van der Waals surface area (Å²) in [6, 6.07) is 14.4. The number of carbonyl (C=O) groups excluding carboxylic acids is 3. The first kappa shape index (κ1) is 28.1. The zero-order chi connectivity index (χ0) is 27.0. The molecule has 2 aromatic carbocycles. The van der Waals surface area contributed by atoms with Crippen LogP contribution in [0.5, 0.6) is 11.5 Å². The second-order valence-corrected chi connectivity index (χ2v) is 10.5. The van der Waals surface area contributed by atoms with Gasteiger partial charge in [-0.3, -0.25) is 14.9 Å². The van der Waals surface area contributed by atoms with Crippen molar-refractivity contribution < 1.29 is 33.7 Å². The Morgan fingerprint density at radius 1 is 1.11 bits per heavy atom. The zero-order valence-electron chi connectivity index (χ0n) is 21.4. The van der Waals surface area contributed by atoms with Crippen molar-refractivity contribution in [1.29, 1.82) is 0 Å². The fourth-order valence-corrected chi connectivity index (χ4v) is 4.12. The molecule has 2 atom stereocenters. The molecule has 10 nitrogen and oxygen atoms in total. The number of imide groups is 1. The lowest BCUT2D eigenvalue weighted by Crippen LogP contribution is -2.43. The van der Waals surface area contributed by atoms with Gasteiger partial charge in [-0.1, -0.05) is 12.1 Å². The van der Waals surface area contributed by atoms with Crippen molar-refractivity contribution >= 4 is 34.7 Å². The molecule has 0 saturated carbocycles. The van der Waals surface area contributed by atoms with Crippen molar-refractivity contribution in [3.63, 3.8) is 0 Å². The number of amides is 3. The van der Waals surface area contributed by atoms with Gasteiger partial charge in [-0.15, -0.1) is 0 Å². The molecule has 11 heteroatoms. The number of carbonyl (C=O) groups is 3. The number of aliphatic hydroxyl groups is 1. The highest BCUT2D eigenvalue weighted by molar-refractivity contribution is 8.15. The lowest BCUT2D eigenvalue weighted by molar-refractivity contribution is -0.118. The molecule has 1 unspecified atom stereocenters. The second-order valence-electron chi connectivity index (χ2n) is 9.43. The molecule has 0 aromatic heterocycles. The third-order valence-electron chi connectivity index (χ3n) is 5.20. The van der Waals surface area contributed by atoms with E-state index in [4.69, 9.17) is 14.2 Å². The summed E-state index contributed by atoms with van der Waals surface area (Å²) in [6.07, 6.45) is -0.940. The molecule has 0 spiro atoms. The van der Waals surface area contributed by atoms with E-state index in [1.54, 1.807) is 64.3 Å². The third-order valence-corrected chi connectivity index (χ3v) is 6.08. The molecule has 37 heavy (non-hydrogen) atoms. The van der Waals surface area contributed by atoms with E-state index in [1.807, 2.05) is 12.1 Å². The maximum atomic E-state index is 12.8. The summed E-state index contributed by atoms with van der Waals surface area (Å²) in [6.45, 7) is 5.71. The number of nitrogens with one attached hydrogen (secondary N) is 2. The van der Waals surface area contributed by atoms with E-state index in [9.17, 15) is 19.5 Å². The molecule has 0 aliphatic carbocycles. The number of hydrogen-bond acceptors (Lipinski definition) is 9. The van der Waals surface area contributed by atoms with E-state index in [2.05, 4.69) is 10.6 Å². The third kappa shape index (κ3) is 9.18. The van der Waals surface area contributed by atoms with Crippen LogP contribution in [0.1, 0.15) is 26.3 Å². The van der Waals surface area contributed by atoms with Gasteiger partial charge in [0.15, 0.2) is 5.37 Å². The lowest BCUT2D eigenvalue weighted by atomic mass is 10.1. The number of nitrogens with zero attached hydrogens (tertiary/aromatic N) is 1. The summed E-state index contributed by atoms with van der Waals surface area (Å²) in [5, 5.41) is 14.8. The highest BCUT2D eigenvalue weighted by atomic mass is 32.2. The van der Waals surface area contributed by atoms with Crippen molar-refractivity contribution in [3.05, 3.63) is 54.1 Å². The van der Waals surface area contributed by atoms with E-state index in [-0.39, 0.29) is 24.3 Å². The minimum absolute atomic E-state index is 0.00124. The van der Waals surface area contributed by atoms with E-state index in [1.165, 1.54) is 4.90 Å². The SMILES string of the molecule is COc1ccc(OC[C@@H](O)CN(CCc2ccc(NC3SC(=O)NC3=O)cc2)C(=O)OC(C)(C)C)cc1. The zero-order valence-corrected chi connectivity index (χ0v) is 22.2. The largest absolute Gasteiger partial charge is 0.497 e. The van der Waals surface area contributed by atoms with Crippen LogP contribution in [0.3, 0.4) is 0 Å². The summed E-state index contributed by atoms with van der Waals surface area (Å²) in [5.41, 5.74) is 0.961. The number of rotatable bonds is 11. The van der Waals surface area contributed by atoms with E-state index in [0.29, 0.717) is 30.2 Å². The molecular weight excluding hydrogens is 498 g/mol. The Hall–Kier alpha value is -3.44. The van der Waals surface area contributed by atoms with Crippen LogP contribution in [-0.4, -0.2) is 71.1 Å². The Kier molecular flexibility index (Phi) is 9.65. The lowest BCUT2D eigenvalue weighted by Gasteiger charge is -2.29. The average molecular weight is 532 g/mol. The molecule has 1 aliphatic heterocycles. The first-order valence-corrected chi connectivity index (χ1v) is 12.7. The van der Waals surface area contributed by atoms with Crippen molar-refractivity contribution in [1.82, 2.24) is 10.2 Å². The Bertz CT molecular complexity index is 1070. The van der Waals surface area contributed by atoms with Crippen molar-refractivity contribution in [2.75, 3.05) is 32.1 Å². The average Bonchev–Trinajstić information content (AvgIpc) is 3.16. The van der Waals surface area contributed by atoms with Gasteiger partial charge in [0, 0.05) is 12.2 Å². The first-order chi connectivity index (χ1) is 17.5. The number of anilines is 1. The quantitative estimate of drug-likeness (QED) is 0.398. The molecule has 2 aromatic rings. The summed E-state index contributed by atoms with van der Waals surface area (Å²) in [5.74, 6) is 0.905. The predicted molar refractivity (Wildman–Crippen MR) is 141 cm³/mol. The van der Waals surface area contributed by atoms with Crippen LogP contribution in [0.2, 0.25) is 0 Å². The van der Waals surface area contributed by atoms with Gasteiger partial charge < -0.3 is 29.5 Å². The number of benzene rings is 2. The Balaban J connectivity index is 1.56. The van der Waals surface area contributed by atoms with Gasteiger partial charge >= 0.3 is 6.09 Å². The van der Waals surface area contributed by atoms with Crippen LogP contribution in [0.25, 0.3) is 0 Å². The topological polar surface area (TPSA) is 126 Å². The summed E-state index contributed by atoms with van der Waals surface area (Å²) < 4.78 is 16.3. The van der Waals surface area contributed by atoms with Crippen molar-refractivity contribution in [2.45, 2.75) is 44.3 Å². The van der Waals surface area contributed by atoms with Crippen LogP contribution < -0.4 is 20.1 Å². The fraction of sp³-hybridized carbons (Fsp3) is 0.423. The fourth-order valence-electron chi connectivity index (χ4n) is 3.39. The second kappa shape index (κ2) is 12.7. The minimum atomic E-state index is -0.932. The van der Waals surface area contributed by atoms with Crippen LogP contribution >= 0.6 is 11.8 Å². The maximum absolute atomic E-state index is 12.8. The summed E-state index contributed by atoms with van der Waals surface area (Å²) in [7, 11) is 1.58. The summed E-state index contributed by atoms with van der Waals surface area (Å²) in [4.78, 5) is 37.4. The molecule has 0 bridgehead atoms. The first-order valence-electron chi connectivity index (χ1n) is 11.8. The number of thioether (sulfide) groups is 1. The highest BCUT2D eigenvalue weighted by Crippen LogP contribution is 2.22. The normalized spacial score (nSPS) is 16.1. The molecular formula is C26H33N3O7S. The molecule has 1 heterocycles. The van der Waals surface area contributed by atoms with Gasteiger partial charge in [0.1, 0.15) is 29.8 Å². The number of methoxy groups -OCH3 is 1. The number of ether oxygens (including phenoxy) is 3. The minimum Gasteiger partial charge on any atom is -0.497 e. The van der Waals surface area contributed by atoms with Gasteiger partial charge in [0.05, 0.1) is 13.7 Å². The van der Waals surface area contributed by atoms with Crippen LogP contribution in [0, 0.1) is 0 Å². The Morgan fingerprint density at radius 2 is 1.76 bits per heavy atom. The van der Waals surface area contributed by atoms with Crippen LogP contribution in [0.15, 0.2) is 48.5 Å². The number of aliphatic hydroxyl groups excluding tert-OH is 1. The standard InChI is InChI=1S/C26H33N3O7S/c1-26(2,3)36-25(33)29(15-19(30)16-35-21-11-9-20(34-4)10-12-21)14-13-17-5-7-18(8-6-17)27-23-22(31)28-24(32)37-23/h5-12,19,23,27,30H,13-16H2,1-4H3,(H,28,31,32)/t19-,23?/m0/s1. The highest BCUT2D eigenvalue weighted by Gasteiger charge is 2.31. The van der Waals surface area contributed by atoms with Gasteiger partial charge in [0.2, 0.25) is 0 Å². The molecule has 3 rings (SSSR count). The monoisotopic (exact) mass is 531 g/mol. The van der Waals surface area contributed by atoms with E-state index >= 15 is 0 Å². The molecule has 0 radical (unpaired) electrons. The molecule has 1 saturated heterocycles. The molecule has 200 valence electrons. The smallest absolute Gasteiger partial charge is 0.410 e. The molecule has 3 amide bonds. The van der Waals surface area contributed by atoms with Crippen molar-refractivity contribution in [2.24, 2.45) is 0 Å². The number of hydrogen-bond donors (Lipinski definition) is 3. The van der Waals surface area contributed by atoms with Gasteiger partial charge in [-0.25, -0.2) is 4.79 Å². The van der Waals surface area contributed by atoms with E-state index < -0.39 is 23.2 Å². The maximum Gasteiger partial charge on any atom is 0.410 e. The van der Waals surface area contributed by atoms with Crippen LogP contribution in [-0.2, 0) is 16.0 Å².